The van der Waals surface area contributed by atoms with Gasteiger partial charge in [0.05, 0.1) is 101 Å². The first kappa shape index (κ1) is 56.4. The van der Waals surface area contributed by atoms with Gasteiger partial charge >= 0.3 is 0 Å². The van der Waals surface area contributed by atoms with Crippen LogP contribution in [0.5, 0.6) is 28.7 Å². The van der Waals surface area contributed by atoms with E-state index in [-0.39, 0.29) is 74.7 Å². The Hall–Kier alpha value is -8.91. The van der Waals surface area contributed by atoms with E-state index in [0.717, 1.165) is 33.6 Å². The minimum atomic E-state index is -0.316. The van der Waals surface area contributed by atoms with Gasteiger partial charge in [-0.25, -0.2) is 4.90 Å². The van der Waals surface area contributed by atoms with Crippen molar-refractivity contribution in [1.29, 1.82) is 0 Å². The first-order valence-electron chi connectivity index (χ1n) is 27.3. The van der Waals surface area contributed by atoms with Gasteiger partial charge in [-0.1, -0.05) is 43.3 Å². The number of aryl methyl sites for hydroxylation is 1. The Morgan fingerprint density at radius 2 is 1.05 bits per heavy atom. The number of amides is 5. The third-order valence-electron chi connectivity index (χ3n) is 14.7. The highest BCUT2D eigenvalue weighted by Crippen LogP contribution is 2.42. The molecule has 19 nitrogen and oxygen atoms in total. The molecule has 0 saturated heterocycles. The Kier molecular flexibility index (Phi) is 17.7. The zero-order chi connectivity index (χ0) is 57.3. The van der Waals surface area contributed by atoms with Crippen molar-refractivity contribution in [3.63, 3.8) is 0 Å². The Bertz CT molecular complexity index is 3380. The second-order valence-corrected chi connectivity index (χ2v) is 19.9. The lowest BCUT2D eigenvalue weighted by molar-refractivity contribution is -0.122. The average molecular weight is 1110 g/mol. The standard InChI is InChI=1S/C63H64N6O13/c1-6-41-8-10-42(11-9-41)44-28-48-34-64-53-32-57(55(75-4)30-51(53)62(73)67(48)36-44)81-20-7-21-82-58-33-54-52(31-56(58)76-5)63(74)68-37-45(29-49(68)35-65-54)43-12-14-46(15-13-43)66-59(70)38-79-25-24-77-22-23-78-26-27-80-50-18-16-47(17-19-50)69-60(71)39(2)40(3)61(69)72/h8-19,30-37,48-49H,6-7,20-29,38H2,1-5H3,(H,66,70)/t48?,49-/m0/s1. The molecule has 19 heteroatoms. The molecule has 1 N–H and O–H groups in total. The largest absolute Gasteiger partial charge is 0.493 e. The van der Waals surface area contributed by atoms with Crippen molar-refractivity contribution >= 4 is 75.9 Å². The van der Waals surface area contributed by atoms with Crippen molar-refractivity contribution in [3.8, 4) is 28.7 Å². The summed E-state index contributed by atoms with van der Waals surface area (Å²) in [5, 5.41) is 2.85. The summed E-state index contributed by atoms with van der Waals surface area (Å²) >= 11 is 0. The maximum atomic E-state index is 14.1. The highest BCUT2D eigenvalue weighted by molar-refractivity contribution is 6.32. The minimum absolute atomic E-state index is 0.150. The number of imide groups is 1. The van der Waals surface area contributed by atoms with Gasteiger partial charge in [0.15, 0.2) is 23.0 Å². The predicted molar refractivity (Wildman–Crippen MR) is 309 cm³/mol. The van der Waals surface area contributed by atoms with Gasteiger partial charge in [-0.3, -0.25) is 34.0 Å². The molecule has 5 aliphatic heterocycles. The molecule has 424 valence electrons. The quantitative estimate of drug-likeness (QED) is 0.0428. The number of methoxy groups -OCH3 is 2. The van der Waals surface area contributed by atoms with E-state index in [4.69, 9.17) is 47.9 Å². The van der Waals surface area contributed by atoms with E-state index < -0.39 is 0 Å². The number of hydrogen-bond acceptors (Lipinski definition) is 15. The molecule has 5 aliphatic rings. The van der Waals surface area contributed by atoms with Crippen LogP contribution >= 0.6 is 0 Å². The third kappa shape index (κ3) is 12.5. The maximum Gasteiger partial charge on any atom is 0.261 e. The number of fused-ring (bicyclic) bond motifs is 4. The monoisotopic (exact) mass is 1110 g/mol. The second-order valence-electron chi connectivity index (χ2n) is 19.9. The normalized spacial score (nSPS) is 17.0. The number of anilines is 2. The van der Waals surface area contributed by atoms with Crippen LogP contribution in [0.4, 0.5) is 22.7 Å². The average Bonchev–Trinajstić information content (AvgIpc) is 4.33. The van der Waals surface area contributed by atoms with Gasteiger partial charge in [0.2, 0.25) is 5.91 Å². The number of nitrogens with zero attached hydrogens (tertiary/aromatic N) is 5. The number of carbonyl (C=O) groups excluding carboxylic acids is 5. The molecule has 5 aromatic carbocycles. The van der Waals surface area contributed by atoms with E-state index in [1.807, 2.05) is 30.7 Å². The van der Waals surface area contributed by atoms with Crippen molar-refractivity contribution in [2.45, 2.75) is 58.5 Å². The lowest BCUT2D eigenvalue weighted by atomic mass is 10.0. The molecule has 82 heavy (non-hydrogen) atoms. The summed E-state index contributed by atoms with van der Waals surface area (Å²) in [5.74, 6) is 0.968. The topological polar surface area (TPSA) is 206 Å². The van der Waals surface area contributed by atoms with Gasteiger partial charge in [0, 0.05) is 73.1 Å². The number of hydrogen-bond donors (Lipinski definition) is 1. The molecule has 0 aliphatic carbocycles. The third-order valence-corrected chi connectivity index (χ3v) is 14.7. The molecule has 2 atom stereocenters. The highest BCUT2D eigenvalue weighted by Gasteiger charge is 2.37. The fourth-order valence-corrected chi connectivity index (χ4v) is 9.98. The number of aliphatic imine (C=N–C) groups is 2. The van der Waals surface area contributed by atoms with Gasteiger partial charge in [0.25, 0.3) is 23.6 Å². The van der Waals surface area contributed by atoms with Crippen LogP contribution in [-0.2, 0) is 35.0 Å². The number of ether oxygens (including phenoxy) is 8. The van der Waals surface area contributed by atoms with Crippen LogP contribution in [0.3, 0.4) is 0 Å². The molecule has 0 aromatic heterocycles. The molecule has 0 spiro atoms. The summed E-state index contributed by atoms with van der Waals surface area (Å²) < 4.78 is 46.0. The molecule has 0 radical (unpaired) electrons. The van der Waals surface area contributed by atoms with Crippen LogP contribution in [0, 0.1) is 0 Å². The fourth-order valence-electron chi connectivity index (χ4n) is 9.98. The maximum absolute atomic E-state index is 14.1. The van der Waals surface area contributed by atoms with E-state index >= 15 is 0 Å². The summed E-state index contributed by atoms with van der Waals surface area (Å²) in [5.41, 5.74) is 9.05. The summed E-state index contributed by atoms with van der Waals surface area (Å²) in [7, 11) is 3.06. The number of rotatable bonds is 25. The van der Waals surface area contributed by atoms with Crippen molar-refractivity contribution < 1.29 is 61.9 Å². The Morgan fingerprint density at radius 1 is 0.561 bits per heavy atom. The van der Waals surface area contributed by atoms with Crippen molar-refractivity contribution in [1.82, 2.24) is 9.80 Å². The van der Waals surface area contributed by atoms with Crippen LogP contribution in [0.1, 0.15) is 77.4 Å². The Balaban J connectivity index is 0.625. The number of nitrogens with one attached hydrogen (secondary N) is 1. The van der Waals surface area contributed by atoms with Gasteiger partial charge in [-0.05, 0) is 96.6 Å². The number of benzene rings is 5. The lowest BCUT2D eigenvalue weighted by Crippen LogP contribution is -2.32. The van der Waals surface area contributed by atoms with Crippen molar-refractivity contribution in [3.05, 3.63) is 148 Å². The fraction of sp³-hybridized carbons (Fsp3) is 0.317. The van der Waals surface area contributed by atoms with Crippen LogP contribution in [-0.4, -0.2) is 138 Å². The molecule has 5 amide bonds. The molecule has 5 aromatic rings. The Labute approximate surface area is 475 Å². The van der Waals surface area contributed by atoms with Crippen LogP contribution in [0.25, 0.3) is 11.1 Å². The number of carbonyl (C=O) groups is 5. The van der Waals surface area contributed by atoms with Gasteiger partial charge < -0.3 is 53.0 Å². The summed E-state index contributed by atoms with van der Waals surface area (Å²) in [4.78, 5) is 79.5. The SMILES string of the molecule is CCc1ccc(C2=CN3C(=O)c4cc(OC)c(OCCCOc5cc6c(cc5OC)C(=O)N5C=C(c7ccc(NC(=O)COCCOCCOCCOc8ccc(N9C(=O)C(C)=C(C)C9=O)cc8)cc7)C[C@H]5C=N6)cc4N=CC3C2)cc1. The molecule has 0 saturated carbocycles. The predicted octanol–water partition coefficient (Wildman–Crippen LogP) is 9.33. The summed E-state index contributed by atoms with van der Waals surface area (Å²) in [6.45, 7) is 7.63. The van der Waals surface area contributed by atoms with E-state index in [1.54, 1.807) is 90.5 Å². The highest BCUT2D eigenvalue weighted by atomic mass is 16.6. The second kappa shape index (κ2) is 25.7. The van der Waals surface area contributed by atoms with Gasteiger partial charge in [-0.2, -0.15) is 0 Å². The first-order chi connectivity index (χ1) is 39.9. The van der Waals surface area contributed by atoms with Crippen molar-refractivity contribution in [2.75, 3.05) is 83.9 Å². The molecule has 5 heterocycles. The van der Waals surface area contributed by atoms with Gasteiger partial charge in [0.1, 0.15) is 19.0 Å². The summed E-state index contributed by atoms with van der Waals surface area (Å²) in [6, 6.07) is 28.9. The van der Waals surface area contributed by atoms with Gasteiger partial charge in [-0.15, -0.1) is 0 Å². The van der Waals surface area contributed by atoms with E-state index in [2.05, 4.69) is 36.5 Å². The lowest BCUT2D eigenvalue weighted by Gasteiger charge is -2.19. The van der Waals surface area contributed by atoms with E-state index in [1.165, 1.54) is 19.8 Å². The molecule has 0 bridgehead atoms. The molecular formula is C63H64N6O13. The molecule has 10 rings (SSSR count). The molecular weight excluding hydrogens is 1050 g/mol. The first-order valence-corrected chi connectivity index (χ1v) is 27.3. The zero-order valence-electron chi connectivity index (χ0n) is 46.4. The minimum Gasteiger partial charge on any atom is -0.493 e. The van der Waals surface area contributed by atoms with Crippen molar-refractivity contribution in [2.24, 2.45) is 9.98 Å². The van der Waals surface area contributed by atoms with Crippen LogP contribution in [0.15, 0.2) is 131 Å². The molecule has 1 unspecified atom stereocenters. The van der Waals surface area contributed by atoms with Crippen LogP contribution < -0.4 is 33.9 Å². The Morgan fingerprint density at radius 3 is 1.55 bits per heavy atom. The van der Waals surface area contributed by atoms with E-state index in [0.29, 0.717) is 119 Å². The van der Waals surface area contributed by atoms with E-state index in [9.17, 15) is 24.0 Å². The smallest absolute Gasteiger partial charge is 0.261 e. The molecule has 0 fully saturated rings. The summed E-state index contributed by atoms with van der Waals surface area (Å²) in [6.07, 6.45) is 10.0. The zero-order valence-corrected chi connectivity index (χ0v) is 46.4. The van der Waals surface area contributed by atoms with Crippen LogP contribution in [0.2, 0.25) is 0 Å².